The molecule has 1 aliphatic rings. The number of aryl methyl sites for hydroxylation is 2. The van der Waals surface area contributed by atoms with Crippen molar-refractivity contribution in [1.29, 1.82) is 0 Å². The Morgan fingerprint density at radius 1 is 1.27 bits per heavy atom. The molecular formula is C20H22N2O3S. The highest BCUT2D eigenvalue weighted by atomic mass is 32.2. The Kier molecular flexibility index (Phi) is 5.64. The summed E-state index contributed by atoms with van der Waals surface area (Å²) in [6.45, 7) is 4.08. The number of amides is 2. The zero-order valence-electron chi connectivity index (χ0n) is 15.1. The highest BCUT2D eigenvalue weighted by Gasteiger charge is 2.34. The van der Waals surface area contributed by atoms with Crippen LogP contribution in [-0.2, 0) is 14.3 Å². The van der Waals surface area contributed by atoms with Gasteiger partial charge in [0.15, 0.2) is 0 Å². The summed E-state index contributed by atoms with van der Waals surface area (Å²) in [7, 11) is 1.48. The molecule has 26 heavy (non-hydrogen) atoms. The van der Waals surface area contributed by atoms with E-state index in [1.807, 2.05) is 55.1 Å². The predicted octanol–water partition coefficient (Wildman–Crippen LogP) is 3.67. The molecule has 1 heterocycles. The van der Waals surface area contributed by atoms with Crippen molar-refractivity contribution in [2.45, 2.75) is 19.2 Å². The van der Waals surface area contributed by atoms with Crippen molar-refractivity contribution >= 4 is 35.0 Å². The Labute approximate surface area is 157 Å². The van der Waals surface area contributed by atoms with Crippen LogP contribution < -0.4 is 10.2 Å². The Balaban J connectivity index is 1.90. The van der Waals surface area contributed by atoms with Crippen molar-refractivity contribution in [1.82, 2.24) is 0 Å². The number of methoxy groups -OCH3 is 1. The van der Waals surface area contributed by atoms with E-state index in [4.69, 9.17) is 4.74 Å². The molecule has 0 saturated carbocycles. The summed E-state index contributed by atoms with van der Waals surface area (Å²) in [4.78, 5) is 26.2. The number of hydrogen-bond acceptors (Lipinski definition) is 4. The van der Waals surface area contributed by atoms with Gasteiger partial charge < -0.3 is 10.1 Å². The highest BCUT2D eigenvalue weighted by molar-refractivity contribution is 8.00. The summed E-state index contributed by atoms with van der Waals surface area (Å²) in [5.41, 5.74) is 4.87. The van der Waals surface area contributed by atoms with E-state index in [-0.39, 0.29) is 23.8 Å². The van der Waals surface area contributed by atoms with Crippen molar-refractivity contribution in [2.75, 3.05) is 29.7 Å². The number of nitrogens with zero attached hydrogens (tertiary/aromatic N) is 1. The lowest BCUT2D eigenvalue weighted by Gasteiger charge is -2.26. The second-order valence-corrected chi connectivity index (χ2v) is 7.39. The molecule has 1 aliphatic heterocycles. The van der Waals surface area contributed by atoms with Crippen LogP contribution in [0.1, 0.15) is 22.1 Å². The molecule has 1 atom stereocenters. The molecule has 136 valence electrons. The van der Waals surface area contributed by atoms with Crippen LogP contribution in [0.25, 0.3) is 0 Å². The quantitative estimate of drug-likeness (QED) is 0.872. The normalized spacial score (nSPS) is 16.8. The monoisotopic (exact) mass is 370 g/mol. The first-order chi connectivity index (χ1) is 12.5. The van der Waals surface area contributed by atoms with Crippen molar-refractivity contribution in [2.24, 2.45) is 0 Å². The van der Waals surface area contributed by atoms with E-state index < -0.39 is 0 Å². The third-order valence-electron chi connectivity index (χ3n) is 4.21. The predicted molar refractivity (Wildman–Crippen MR) is 106 cm³/mol. The lowest BCUT2D eigenvalue weighted by Crippen LogP contribution is -2.28. The van der Waals surface area contributed by atoms with E-state index >= 15 is 0 Å². The molecule has 2 amide bonds. The largest absolute Gasteiger partial charge is 0.375 e. The number of ether oxygens (including phenoxy) is 1. The van der Waals surface area contributed by atoms with Gasteiger partial charge in [-0.2, -0.15) is 0 Å². The third kappa shape index (κ3) is 3.92. The Morgan fingerprint density at radius 2 is 2.08 bits per heavy atom. The molecule has 2 aromatic carbocycles. The van der Waals surface area contributed by atoms with Crippen molar-refractivity contribution in [3.63, 3.8) is 0 Å². The second-order valence-electron chi connectivity index (χ2n) is 6.32. The molecule has 0 aliphatic carbocycles. The SMILES string of the molecule is COCC(=O)Nc1cccc([C@@H]2SCC(=O)N2c2ccc(C)cc2C)c1. The minimum Gasteiger partial charge on any atom is -0.375 e. The van der Waals surface area contributed by atoms with Crippen LogP contribution in [0.5, 0.6) is 0 Å². The van der Waals surface area contributed by atoms with Gasteiger partial charge in [0, 0.05) is 18.5 Å². The Morgan fingerprint density at radius 3 is 2.81 bits per heavy atom. The summed E-state index contributed by atoms with van der Waals surface area (Å²) in [6, 6.07) is 13.7. The van der Waals surface area contributed by atoms with Gasteiger partial charge >= 0.3 is 0 Å². The van der Waals surface area contributed by atoms with Crippen LogP contribution >= 0.6 is 11.8 Å². The minimum atomic E-state index is -0.203. The fraction of sp³-hybridized carbons (Fsp3) is 0.300. The molecule has 0 radical (unpaired) electrons. The molecule has 0 unspecified atom stereocenters. The Hall–Kier alpha value is -2.31. The number of thioether (sulfide) groups is 1. The first-order valence-electron chi connectivity index (χ1n) is 8.39. The van der Waals surface area contributed by atoms with Gasteiger partial charge in [-0.25, -0.2) is 0 Å². The van der Waals surface area contributed by atoms with Gasteiger partial charge in [-0.05, 0) is 43.2 Å². The summed E-state index contributed by atoms with van der Waals surface area (Å²) >= 11 is 1.60. The minimum absolute atomic E-state index is 0.00950. The van der Waals surface area contributed by atoms with E-state index in [2.05, 4.69) is 11.4 Å². The summed E-state index contributed by atoms with van der Waals surface area (Å²) in [5, 5.41) is 2.71. The maximum atomic E-state index is 12.6. The maximum Gasteiger partial charge on any atom is 0.250 e. The van der Waals surface area contributed by atoms with Crippen LogP contribution in [0.2, 0.25) is 0 Å². The number of rotatable bonds is 5. The smallest absolute Gasteiger partial charge is 0.250 e. The fourth-order valence-electron chi connectivity index (χ4n) is 3.10. The third-order valence-corrected chi connectivity index (χ3v) is 5.42. The summed E-state index contributed by atoms with van der Waals surface area (Å²) in [5.74, 6) is 0.338. The standard InChI is InChI=1S/C20H22N2O3S/c1-13-7-8-17(14(2)9-13)22-19(24)12-26-20(22)15-5-4-6-16(10-15)21-18(23)11-25-3/h4-10,20H,11-12H2,1-3H3,(H,21,23)/t20-/m0/s1. The molecule has 2 aromatic rings. The van der Waals surface area contributed by atoms with Crippen LogP contribution in [0.4, 0.5) is 11.4 Å². The van der Waals surface area contributed by atoms with Crippen molar-refractivity contribution in [3.05, 3.63) is 59.2 Å². The van der Waals surface area contributed by atoms with Gasteiger partial charge in [0.2, 0.25) is 11.8 Å². The Bertz CT molecular complexity index is 838. The first kappa shape index (κ1) is 18.5. The maximum absolute atomic E-state index is 12.6. The summed E-state index contributed by atoms with van der Waals surface area (Å²) < 4.78 is 4.85. The lowest BCUT2D eigenvalue weighted by molar-refractivity contribution is -0.119. The number of nitrogens with one attached hydrogen (secondary N) is 1. The van der Waals surface area contributed by atoms with E-state index in [0.29, 0.717) is 11.4 Å². The number of carbonyl (C=O) groups is 2. The molecular weight excluding hydrogens is 348 g/mol. The van der Waals surface area contributed by atoms with Crippen molar-refractivity contribution in [3.8, 4) is 0 Å². The van der Waals surface area contributed by atoms with E-state index in [1.54, 1.807) is 11.8 Å². The fourth-order valence-corrected chi connectivity index (χ4v) is 4.26. The molecule has 0 aromatic heterocycles. The molecule has 3 rings (SSSR count). The van der Waals surface area contributed by atoms with Gasteiger partial charge in [-0.3, -0.25) is 14.5 Å². The van der Waals surface area contributed by atoms with Crippen LogP contribution in [0.3, 0.4) is 0 Å². The lowest BCUT2D eigenvalue weighted by atomic mass is 10.1. The second kappa shape index (κ2) is 7.93. The molecule has 0 spiro atoms. The van der Waals surface area contributed by atoms with E-state index in [1.165, 1.54) is 12.7 Å². The molecule has 5 nitrogen and oxygen atoms in total. The average Bonchev–Trinajstić information content (AvgIpc) is 2.97. The van der Waals surface area contributed by atoms with Gasteiger partial charge in [-0.1, -0.05) is 29.8 Å². The highest BCUT2D eigenvalue weighted by Crippen LogP contribution is 2.43. The van der Waals surface area contributed by atoms with Crippen molar-refractivity contribution < 1.29 is 14.3 Å². The number of anilines is 2. The summed E-state index contributed by atoms with van der Waals surface area (Å²) in [6.07, 6.45) is 0. The van der Waals surface area contributed by atoms with E-state index in [9.17, 15) is 9.59 Å². The molecule has 1 N–H and O–H groups in total. The number of carbonyl (C=O) groups excluding carboxylic acids is 2. The first-order valence-corrected chi connectivity index (χ1v) is 9.44. The van der Waals surface area contributed by atoms with Crippen LogP contribution in [0.15, 0.2) is 42.5 Å². The molecule has 1 fully saturated rings. The van der Waals surface area contributed by atoms with Gasteiger partial charge in [0.25, 0.3) is 0 Å². The molecule has 1 saturated heterocycles. The number of hydrogen-bond donors (Lipinski definition) is 1. The van der Waals surface area contributed by atoms with Gasteiger partial charge in [0.1, 0.15) is 12.0 Å². The van der Waals surface area contributed by atoms with Gasteiger partial charge in [0.05, 0.1) is 5.75 Å². The van der Waals surface area contributed by atoms with E-state index in [0.717, 1.165) is 16.8 Å². The average molecular weight is 370 g/mol. The number of benzene rings is 2. The van der Waals surface area contributed by atoms with Crippen LogP contribution in [-0.4, -0.2) is 31.3 Å². The topological polar surface area (TPSA) is 58.6 Å². The molecule has 0 bridgehead atoms. The van der Waals surface area contributed by atoms with Crippen LogP contribution in [0, 0.1) is 13.8 Å². The zero-order chi connectivity index (χ0) is 18.7. The van der Waals surface area contributed by atoms with Gasteiger partial charge in [-0.15, -0.1) is 11.8 Å². The zero-order valence-corrected chi connectivity index (χ0v) is 15.9. The molecule has 6 heteroatoms.